The lowest BCUT2D eigenvalue weighted by molar-refractivity contribution is 0.0660. The molecule has 0 saturated carbocycles. The number of benzene rings is 2. The number of rotatable bonds is 3. The quantitative estimate of drug-likeness (QED) is 0.623. The van der Waals surface area contributed by atoms with E-state index < -0.39 is 11.8 Å². The van der Waals surface area contributed by atoms with Crippen LogP contribution >= 0.6 is 15.9 Å². The third-order valence-electron chi connectivity index (χ3n) is 3.17. The van der Waals surface area contributed by atoms with Gasteiger partial charge >= 0.3 is 0 Å². The standard InChI is InChI=1S/C17H11BrN2O2/c18-13(10-12-6-2-1-3-7-12)11-19-20-16(21)14-8-4-5-9-15(14)17(20)22/h1-11H/b13-10-,19-11-. The summed E-state index contributed by atoms with van der Waals surface area (Å²) in [7, 11) is 0. The van der Waals surface area contributed by atoms with E-state index in [1.807, 2.05) is 36.4 Å². The predicted octanol–water partition coefficient (Wildman–Crippen LogP) is 3.70. The maximum atomic E-state index is 12.1. The Labute approximate surface area is 135 Å². The minimum absolute atomic E-state index is 0.382. The highest BCUT2D eigenvalue weighted by molar-refractivity contribution is 9.12. The third kappa shape index (κ3) is 2.76. The Hall–Kier alpha value is -2.53. The van der Waals surface area contributed by atoms with Crippen LogP contribution < -0.4 is 0 Å². The molecule has 0 radical (unpaired) electrons. The summed E-state index contributed by atoms with van der Waals surface area (Å²) in [6.45, 7) is 0. The molecule has 2 aromatic rings. The van der Waals surface area contributed by atoms with Crippen LogP contribution in [0.1, 0.15) is 26.3 Å². The number of halogens is 1. The van der Waals surface area contributed by atoms with E-state index in [2.05, 4.69) is 21.0 Å². The van der Waals surface area contributed by atoms with Crippen molar-refractivity contribution in [3.05, 3.63) is 75.8 Å². The third-order valence-corrected chi connectivity index (χ3v) is 3.61. The second-order valence-electron chi connectivity index (χ2n) is 4.65. The molecule has 2 amide bonds. The van der Waals surface area contributed by atoms with Crippen LogP contribution in [0.15, 0.2) is 64.2 Å². The molecular weight excluding hydrogens is 344 g/mol. The topological polar surface area (TPSA) is 49.7 Å². The number of carbonyl (C=O) groups excluding carboxylic acids is 2. The van der Waals surface area contributed by atoms with Crippen LogP contribution in [0.5, 0.6) is 0 Å². The molecule has 1 aliphatic rings. The van der Waals surface area contributed by atoms with Crippen LogP contribution in [0.4, 0.5) is 0 Å². The number of hydrogen-bond donors (Lipinski definition) is 0. The van der Waals surface area contributed by atoms with Crippen molar-refractivity contribution in [2.75, 3.05) is 0 Å². The van der Waals surface area contributed by atoms with Crippen LogP contribution in [0.3, 0.4) is 0 Å². The monoisotopic (exact) mass is 354 g/mol. The summed E-state index contributed by atoms with van der Waals surface area (Å²) in [5.41, 5.74) is 1.75. The molecule has 0 unspecified atom stereocenters. The molecule has 0 bridgehead atoms. The summed E-state index contributed by atoms with van der Waals surface area (Å²) in [5, 5.41) is 4.87. The van der Waals surface area contributed by atoms with Gasteiger partial charge in [-0.15, -0.1) is 0 Å². The lowest BCUT2D eigenvalue weighted by Crippen LogP contribution is -2.23. The maximum Gasteiger partial charge on any atom is 0.282 e. The van der Waals surface area contributed by atoms with Crippen LogP contribution in [0, 0.1) is 0 Å². The van der Waals surface area contributed by atoms with Crippen LogP contribution in [-0.2, 0) is 0 Å². The van der Waals surface area contributed by atoms with Crippen molar-refractivity contribution >= 4 is 40.0 Å². The van der Waals surface area contributed by atoms with Gasteiger partial charge < -0.3 is 0 Å². The molecular formula is C17H11BrN2O2. The fourth-order valence-corrected chi connectivity index (χ4v) is 2.50. The van der Waals surface area contributed by atoms with Gasteiger partial charge in [0.1, 0.15) is 0 Å². The Morgan fingerprint density at radius 1 is 0.909 bits per heavy atom. The molecule has 0 aromatic heterocycles. The number of allylic oxidation sites excluding steroid dienone is 1. The van der Waals surface area contributed by atoms with E-state index in [1.165, 1.54) is 6.21 Å². The zero-order valence-corrected chi connectivity index (χ0v) is 13.0. The number of amides is 2. The molecule has 1 aliphatic heterocycles. The lowest BCUT2D eigenvalue weighted by Gasteiger charge is -2.05. The molecule has 0 atom stereocenters. The molecule has 0 fully saturated rings. The van der Waals surface area contributed by atoms with Crippen molar-refractivity contribution in [1.29, 1.82) is 0 Å². The van der Waals surface area contributed by atoms with E-state index in [0.717, 1.165) is 10.6 Å². The first-order valence-electron chi connectivity index (χ1n) is 6.61. The van der Waals surface area contributed by atoms with Gasteiger partial charge in [0.2, 0.25) is 0 Å². The SMILES string of the molecule is O=C1c2ccccc2C(=O)N1/N=C\C(Br)=C\c1ccccc1. The highest BCUT2D eigenvalue weighted by Crippen LogP contribution is 2.22. The zero-order valence-electron chi connectivity index (χ0n) is 11.4. The summed E-state index contributed by atoms with van der Waals surface area (Å²) in [5.74, 6) is -0.811. The van der Waals surface area contributed by atoms with Gasteiger partial charge in [-0.25, -0.2) is 0 Å². The Balaban J connectivity index is 1.81. The van der Waals surface area contributed by atoms with E-state index in [1.54, 1.807) is 24.3 Å². The first-order valence-corrected chi connectivity index (χ1v) is 7.40. The smallest absolute Gasteiger partial charge is 0.267 e. The van der Waals surface area contributed by atoms with Gasteiger partial charge in [0, 0.05) is 4.48 Å². The van der Waals surface area contributed by atoms with Gasteiger partial charge in [-0.1, -0.05) is 42.5 Å². The Bertz CT molecular complexity index is 762. The Morgan fingerprint density at radius 2 is 1.45 bits per heavy atom. The van der Waals surface area contributed by atoms with E-state index >= 15 is 0 Å². The van der Waals surface area contributed by atoms with E-state index in [4.69, 9.17) is 0 Å². The first-order chi connectivity index (χ1) is 10.7. The molecule has 3 rings (SSSR count). The molecule has 108 valence electrons. The van der Waals surface area contributed by atoms with Gasteiger partial charge in [0.15, 0.2) is 0 Å². The molecule has 2 aromatic carbocycles. The van der Waals surface area contributed by atoms with Crippen LogP contribution in [0.25, 0.3) is 6.08 Å². The number of imide groups is 1. The molecule has 0 N–H and O–H groups in total. The number of hydrogen-bond acceptors (Lipinski definition) is 3. The highest BCUT2D eigenvalue weighted by Gasteiger charge is 2.35. The first kappa shape index (κ1) is 14.4. The summed E-state index contributed by atoms with van der Waals surface area (Å²) in [4.78, 5) is 24.3. The van der Waals surface area contributed by atoms with Gasteiger partial charge in [-0.05, 0) is 39.7 Å². The van der Waals surface area contributed by atoms with E-state index in [0.29, 0.717) is 15.6 Å². The van der Waals surface area contributed by atoms with Crippen molar-refractivity contribution < 1.29 is 9.59 Å². The Morgan fingerprint density at radius 3 is 2.05 bits per heavy atom. The van der Waals surface area contributed by atoms with Crippen LogP contribution in [-0.4, -0.2) is 23.0 Å². The second-order valence-corrected chi connectivity index (χ2v) is 5.57. The normalized spacial score (nSPS) is 14.8. The average Bonchev–Trinajstić information content (AvgIpc) is 2.78. The van der Waals surface area contributed by atoms with Gasteiger partial charge in [0.05, 0.1) is 17.3 Å². The van der Waals surface area contributed by atoms with Crippen molar-refractivity contribution in [3.8, 4) is 0 Å². The molecule has 0 aliphatic carbocycles. The molecule has 22 heavy (non-hydrogen) atoms. The van der Waals surface area contributed by atoms with Crippen LogP contribution in [0.2, 0.25) is 0 Å². The summed E-state index contributed by atoms with van der Waals surface area (Å²) in [6.07, 6.45) is 3.29. The highest BCUT2D eigenvalue weighted by atomic mass is 79.9. The van der Waals surface area contributed by atoms with Crippen molar-refractivity contribution in [2.45, 2.75) is 0 Å². The summed E-state index contributed by atoms with van der Waals surface area (Å²) in [6, 6.07) is 16.4. The number of nitrogens with zero attached hydrogens (tertiary/aromatic N) is 2. The Kier molecular flexibility index (Phi) is 3.98. The number of carbonyl (C=O) groups is 2. The molecule has 0 spiro atoms. The average molecular weight is 355 g/mol. The predicted molar refractivity (Wildman–Crippen MR) is 88.8 cm³/mol. The lowest BCUT2D eigenvalue weighted by atomic mass is 10.1. The van der Waals surface area contributed by atoms with E-state index in [-0.39, 0.29) is 0 Å². The van der Waals surface area contributed by atoms with Gasteiger partial charge in [0.25, 0.3) is 11.8 Å². The number of fused-ring (bicyclic) bond motifs is 1. The van der Waals surface area contributed by atoms with Gasteiger partial charge in [-0.3, -0.25) is 9.59 Å². The number of hydrazone groups is 1. The molecule has 5 heteroatoms. The van der Waals surface area contributed by atoms with E-state index in [9.17, 15) is 9.59 Å². The minimum Gasteiger partial charge on any atom is -0.267 e. The molecule has 4 nitrogen and oxygen atoms in total. The fourth-order valence-electron chi connectivity index (χ4n) is 2.14. The van der Waals surface area contributed by atoms with Crippen molar-refractivity contribution in [1.82, 2.24) is 5.01 Å². The fraction of sp³-hybridized carbons (Fsp3) is 0. The van der Waals surface area contributed by atoms with Gasteiger partial charge in [-0.2, -0.15) is 10.1 Å². The summed E-state index contributed by atoms with van der Waals surface area (Å²) < 4.78 is 0.662. The largest absolute Gasteiger partial charge is 0.282 e. The molecule has 1 heterocycles. The maximum absolute atomic E-state index is 12.1. The van der Waals surface area contributed by atoms with Crippen molar-refractivity contribution in [2.24, 2.45) is 5.10 Å². The molecule has 0 saturated heterocycles. The zero-order chi connectivity index (χ0) is 15.5. The second kappa shape index (κ2) is 6.07. The minimum atomic E-state index is -0.406. The van der Waals surface area contributed by atoms with Crippen molar-refractivity contribution in [3.63, 3.8) is 0 Å². The summed E-state index contributed by atoms with van der Waals surface area (Å²) >= 11 is 3.36.